The molecule has 8 heavy (non-hydrogen) atoms. The molecule has 0 unspecified atom stereocenters. The van der Waals surface area contributed by atoms with Crippen LogP contribution in [-0.2, 0) is 3.86 Å². The van der Waals surface area contributed by atoms with Gasteiger partial charge < -0.3 is 0 Å². The van der Waals surface area contributed by atoms with E-state index in [-0.39, 0.29) is 0 Å². The Bertz CT molecular complexity index is 72.2. The van der Waals surface area contributed by atoms with Gasteiger partial charge >= 0.3 is 63.9 Å². The Morgan fingerprint density at radius 3 is 1.62 bits per heavy atom. The fraction of sp³-hybridized carbons (Fsp3) is 1.00. The summed E-state index contributed by atoms with van der Waals surface area (Å²) < 4.78 is 4.75. The number of hydroxylamine groups is 2. The number of hydrogen-bond donors (Lipinski definition) is 0. The van der Waals surface area contributed by atoms with Crippen molar-refractivity contribution in [3.05, 3.63) is 0 Å². The molecule has 0 amide bonds. The summed E-state index contributed by atoms with van der Waals surface area (Å²) in [5, 5.41) is 1.40. The molecule has 0 rings (SSSR count). The zero-order valence-corrected chi connectivity index (χ0v) is 8.86. The Morgan fingerprint density at radius 1 is 1.25 bits per heavy atom. The summed E-state index contributed by atoms with van der Waals surface area (Å²) in [6.07, 6.45) is 0. The predicted molar refractivity (Wildman–Crippen MR) is 38.1 cm³/mol. The molecule has 50 valence electrons. The molecule has 0 fully saturated rings. The molecule has 0 spiro atoms. The molecule has 2 nitrogen and oxygen atoms in total. The maximum absolute atomic E-state index is 5.38. The van der Waals surface area contributed by atoms with Crippen LogP contribution in [0.25, 0.3) is 0 Å². The second kappa shape index (κ2) is 3.49. The van der Waals surface area contributed by atoms with Gasteiger partial charge in [-0.15, -0.1) is 0 Å². The summed E-state index contributed by atoms with van der Waals surface area (Å²) >= 11 is 0. The van der Waals surface area contributed by atoms with E-state index >= 15 is 0 Å². The van der Waals surface area contributed by atoms with Crippen LogP contribution in [0.15, 0.2) is 0 Å². The molecule has 0 N–H and O–H groups in total. The van der Waals surface area contributed by atoms with Gasteiger partial charge in [0.25, 0.3) is 0 Å². The Kier molecular flexibility index (Phi) is 4.07. The summed E-state index contributed by atoms with van der Waals surface area (Å²) in [6.45, 7) is 0. The average Bonchev–Trinajstić information content (AvgIpc) is 1.21. The predicted octanol–water partition coefficient (Wildman–Crippen LogP) is 1.63. The number of rotatable bonds is 2. The number of halogens is 3. The van der Waals surface area contributed by atoms with Crippen molar-refractivity contribution < 1.29 is 3.86 Å². The van der Waals surface area contributed by atoms with E-state index in [1.54, 1.807) is 14.1 Å². The Labute approximate surface area is 63.9 Å². The van der Waals surface area contributed by atoms with Gasteiger partial charge in [0.05, 0.1) is 0 Å². The summed E-state index contributed by atoms with van der Waals surface area (Å²) in [5.41, 5.74) is 0. The Balaban J connectivity index is 3.39. The second-order valence-corrected chi connectivity index (χ2v) is 14.9. The van der Waals surface area contributed by atoms with E-state index in [0.29, 0.717) is 0 Å². The third kappa shape index (κ3) is 7.33. The third-order valence-corrected chi connectivity index (χ3v) is 2.56. The van der Waals surface area contributed by atoms with Gasteiger partial charge in [-0.1, -0.05) is 0 Å². The van der Waals surface area contributed by atoms with Gasteiger partial charge in [0.1, 0.15) is 0 Å². The SMILES string of the molecule is CN(C)[O][Ge]([Cl])([Cl])[Cl]. The van der Waals surface area contributed by atoms with Crippen molar-refractivity contribution in [3.63, 3.8) is 0 Å². The van der Waals surface area contributed by atoms with Gasteiger partial charge in [0, 0.05) is 0 Å². The molecule has 0 saturated heterocycles. The van der Waals surface area contributed by atoms with Crippen molar-refractivity contribution in [1.82, 2.24) is 5.06 Å². The van der Waals surface area contributed by atoms with Crippen molar-refractivity contribution in [2.75, 3.05) is 14.1 Å². The van der Waals surface area contributed by atoms with E-state index in [2.05, 4.69) is 0 Å². The van der Waals surface area contributed by atoms with Gasteiger partial charge in [-0.05, 0) is 0 Å². The molecule has 0 aliphatic carbocycles. The van der Waals surface area contributed by atoms with E-state index in [4.69, 9.17) is 33.9 Å². The van der Waals surface area contributed by atoms with Crippen LogP contribution in [0.5, 0.6) is 0 Å². The van der Waals surface area contributed by atoms with E-state index in [0.717, 1.165) is 0 Å². The van der Waals surface area contributed by atoms with Gasteiger partial charge in [-0.25, -0.2) is 0 Å². The molecule has 0 saturated carbocycles. The molecule has 0 aliphatic rings. The average molecular weight is 239 g/mol. The topological polar surface area (TPSA) is 12.5 Å². The first-order valence-electron chi connectivity index (χ1n) is 1.85. The minimum absolute atomic E-state index is 1.40. The molecule has 0 heterocycles. The van der Waals surface area contributed by atoms with Crippen LogP contribution in [-0.4, -0.2) is 30.0 Å². The van der Waals surface area contributed by atoms with Gasteiger partial charge in [-0.3, -0.25) is 0 Å². The molecule has 0 aromatic carbocycles. The normalized spacial score (nSPS) is 12.8. The molecule has 0 aliphatic heterocycles. The first kappa shape index (κ1) is 9.33. The van der Waals surface area contributed by atoms with Crippen molar-refractivity contribution in [2.24, 2.45) is 0 Å². The van der Waals surface area contributed by atoms with Crippen LogP contribution in [0.4, 0.5) is 0 Å². The second-order valence-electron chi connectivity index (χ2n) is 1.35. The molecule has 0 bridgehead atoms. The van der Waals surface area contributed by atoms with E-state index in [9.17, 15) is 0 Å². The molecule has 0 atom stereocenters. The molecule has 0 aromatic heterocycles. The summed E-state index contributed by atoms with van der Waals surface area (Å²) in [5.74, 6) is 0. The summed E-state index contributed by atoms with van der Waals surface area (Å²) in [7, 11) is 16.2. The first-order valence-corrected chi connectivity index (χ1v) is 11.0. The molecular formula is C2H6Cl3GeNO. The Hall–Kier alpha value is 1.33. The van der Waals surface area contributed by atoms with Crippen molar-refractivity contribution >= 4 is 40.8 Å². The summed E-state index contributed by atoms with van der Waals surface area (Å²) in [4.78, 5) is 0. The zero-order valence-electron chi connectivity index (χ0n) is 4.49. The van der Waals surface area contributed by atoms with Crippen LogP contribution in [0.1, 0.15) is 0 Å². The zero-order chi connectivity index (χ0) is 6.78. The number of nitrogens with zero attached hydrogens (tertiary/aromatic N) is 1. The van der Waals surface area contributed by atoms with Gasteiger partial charge in [0.15, 0.2) is 0 Å². The van der Waals surface area contributed by atoms with Crippen LogP contribution in [0.3, 0.4) is 0 Å². The van der Waals surface area contributed by atoms with Gasteiger partial charge in [-0.2, -0.15) is 0 Å². The summed E-state index contributed by atoms with van der Waals surface area (Å²) in [6, 6.07) is 0. The molecular weight excluding hydrogens is 233 g/mol. The van der Waals surface area contributed by atoms with Crippen molar-refractivity contribution in [1.29, 1.82) is 0 Å². The standard InChI is InChI=1S/C2H6Cl3GeNO/c1-7(2)8-6(3,4)5/h1-2H3. The van der Waals surface area contributed by atoms with E-state index in [1.807, 2.05) is 0 Å². The first-order chi connectivity index (χ1) is 3.42. The van der Waals surface area contributed by atoms with Crippen LogP contribution in [0, 0.1) is 0 Å². The fourth-order valence-corrected chi connectivity index (χ4v) is 3.23. The van der Waals surface area contributed by atoms with Crippen LogP contribution < -0.4 is 0 Å². The van der Waals surface area contributed by atoms with Crippen molar-refractivity contribution in [2.45, 2.75) is 0 Å². The fourth-order valence-electron chi connectivity index (χ4n) is 0.207. The van der Waals surface area contributed by atoms with Crippen LogP contribution in [0.2, 0.25) is 0 Å². The van der Waals surface area contributed by atoms with Crippen molar-refractivity contribution in [3.8, 4) is 0 Å². The van der Waals surface area contributed by atoms with E-state index in [1.165, 1.54) is 5.06 Å². The molecule has 0 radical (unpaired) electrons. The molecule has 6 heteroatoms. The minimum atomic E-state index is -3.31. The quantitative estimate of drug-likeness (QED) is 0.536. The molecule has 0 aromatic rings. The van der Waals surface area contributed by atoms with Gasteiger partial charge in [0.2, 0.25) is 0 Å². The monoisotopic (exact) mass is 239 g/mol. The Morgan fingerprint density at radius 2 is 1.62 bits per heavy atom. The third-order valence-electron chi connectivity index (χ3n) is 0.286. The van der Waals surface area contributed by atoms with E-state index < -0.39 is 10.8 Å². The number of hydrogen-bond acceptors (Lipinski definition) is 2. The van der Waals surface area contributed by atoms with Crippen LogP contribution >= 0.6 is 30.0 Å². The maximum atomic E-state index is 5.38.